The summed E-state index contributed by atoms with van der Waals surface area (Å²) >= 11 is 0. The molecule has 0 aliphatic carbocycles. The summed E-state index contributed by atoms with van der Waals surface area (Å²) in [5.41, 5.74) is 0.846. The molecule has 0 saturated heterocycles. The number of nitrogens with zero attached hydrogens (tertiary/aromatic N) is 2. The molecule has 5 nitrogen and oxygen atoms in total. The van der Waals surface area contributed by atoms with E-state index in [2.05, 4.69) is 4.99 Å². The summed E-state index contributed by atoms with van der Waals surface area (Å²) < 4.78 is 4.95. The Hall–Kier alpha value is -2.17. The van der Waals surface area contributed by atoms with Gasteiger partial charge >= 0.3 is 5.97 Å². The Morgan fingerprint density at radius 2 is 1.89 bits per heavy atom. The minimum Gasteiger partial charge on any atom is -0.427 e. The van der Waals surface area contributed by atoms with Gasteiger partial charge in [0.15, 0.2) is 0 Å². The van der Waals surface area contributed by atoms with Crippen molar-refractivity contribution in [3.8, 4) is 5.75 Å². The summed E-state index contributed by atoms with van der Waals surface area (Å²) in [5, 5.41) is 0. The third-order valence-corrected chi connectivity index (χ3v) is 2.60. The second kappa shape index (κ2) is 5.00. The number of carbonyl (C=O) groups excluding carboxylic acids is 2. The number of amidine groups is 1. The lowest BCUT2D eigenvalue weighted by Crippen LogP contribution is -2.32. The predicted molar refractivity (Wildman–Crippen MR) is 66.5 cm³/mol. The minimum absolute atomic E-state index is 0.0182. The standard InChI is InChI=1S/C13H14N2O3/c1-9(16)15-8-7-14-13(15)11-3-5-12(6-4-11)18-10(2)17/h3-6H,7-8H2,1-2H3. The zero-order chi connectivity index (χ0) is 13.1. The average molecular weight is 246 g/mol. The Bertz CT molecular complexity index is 505. The molecule has 2 rings (SSSR count). The van der Waals surface area contributed by atoms with E-state index in [1.165, 1.54) is 13.8 Å². The van der Waals surface area contributed by atoms with Crippen LogP contribution < -0.4 is 4.74 Å². The molecule has 18 heavy (non-hydrogen) atoms. The molecule has 1 aromatic rings. The summed E-state index contributed by atoms with van der Waals surface area (Å²) in [6, 6.07) is 6.96. The molecule has 1 aliphatic heterocycles. The van der Waals surface area contributed by atoms with Gasteiger partial charge in [0, 0.05) is 26.0 Å². The topological polar surface area (TPSA) is 59.0 Å². The zero-order valence-electron chi connectivity index (χ0n) is 10.3. The van der Waals surface area contributed by atoms with Crippen LogP contribution in [0.2, 0.25) is 0 Å². The molecule has 5 heteroatoms. The van der Waals surface area contributed by atoms with Gasteiger partial charge in [0.25, 0.3) is 0 Å². The number of hydrogen-bond acceptors (Lipinski definition) is 4. The van der Waals surface area contributed by atoms with Crippen LogP contribution in [-0.4, -0.2) is 35.7 Å². The van der Waals surface area contributed by atoms with Crippen LogP contribution in [0.3, 0.4) is 0 Å². The van der Waals surface area contributed by atoms with Crippen molar-refractivity contribution >= 4 is 17.7 Å². The van der Waals surface area contributed by atoms with Gasteiger partial charge in [0.2, 0.25) is 5.91 Å². The molecule has 0 N–H and O–H groups in total. The highest BCUT2D eigenvalue weighted by atomic mass is 16.5. The molecular formula is C13H14N2O3. The SMILES string of the molecule is CC(=O)Oc1ccc(C2=NCCN2C(C)=O)cc1. The number of rotatable bonds is 2. The Kier molecular flexibility index (Phi) is 3.41. The van der Waals surface area contributed by atoms with E-state index in [-0.39, 0.29) is 11.9 Å². The van der Waals surface area contributed by atoms with Crippen molar-refractivity contribution in [2.75, 3.05) is 13.1 Å². The summed E-state index contributed by atoms with van der Waals surface area (Å²) in [5.74, 6) is 0.790. The third-order valence-electron chi connectivity index (χ3n) is 2.60. The highest BCUT2D eigenvalue weighted by Gasteiger charge is 2.21. The second-order valence-corrected chi connectivity index (χ2v) is 3.99. The number of hydrogen-bond donors (Lipinski definition) is 0. The number of ether oxygens (including phenoxy) is 1. The summed E-state index contributed by atoms with van der Waals surface area (Å²) in [4.78, 5) is 28.2. The van der Waals surface area contributed by atoms with Crippen molar-refractivity contribution in [3.05, 3.63) is 29.8 Å². The van der Waals surface area contributed by atoms with Crippen LogP contribution in [0, 0.1) is 0 Å². The maximum atomic E-state index is 11.4. The van der Waals surface area contributed by atoms with Gasteiger partial charge in [-0.2, -0.15) is 0 Å². The Labute approximate surface area is 105 Å². The maximum Gasteiger partial charge on any atom is 0.308 e. The van der Waals surface area contributed by atoms with Gasteiger partial charge in [-0.15, -0.1) is 0 Å². The lowest BCUT2D eigenvalue weighted by molar-refractivity contribution is -0.132. The first-order valence-electron chi connectivity index (χ1n) is 5.69. The predicted octanol–water partition coefficient (Wildman–Crippen LogP) is 1.22. The fraction of sp³-hybridized carbons (Fsp3) is 0.308. The van der Waals surface area contributed by atoms with Crippen molar-refractivity contribution in [1.82, 2.24) is 4.90 Å². The molecule has 1 aromatic carbocycles. The molecule has 0 spiro atoms. The van der Waals surface area contributed by atoms with E-state index >= 15 is 0 Å². The largest absolute Gasteiger partial charge is 0.427 e. The summed E-state index contributed by atoms with van der Waals surface area (Å²) in [6.45, 7) is 4.12. The van der Waals surface area contributed by atoms with Crippen LogP contribution >= 0.6 is 0 Å². The minimum atomic E-state index is -0.355. The molecule has 0 bridgehead atoms. The van der Waals surface area contributed by atoms with Gasteiger partial charge in [-0.1, -0.05) is 0 Å². The number of amides is 1. The third kappa shape index (κ3) is 2.56. The molecule has 0 unspecified atom stereocenters. The van der Waals surface area contributed by atoms with Crippen LogP contribution in [0.4, 0.5) is 0 Å². The van der Waals surface area contributed by atoms with Gasteiger partial charge < -0.3 is 4.74 Å². The van der Waals surface area contributed by atoms with Crippen molar-refractivity contribution in [2.24, 2.45) is 4.99 Å². The van der Waals surface area contributed by atoms with E-state index in [0.29, 0.717) is 24.7 Å². The molecule has 0 fully saturated rings. The number of esters is 1. The van der Waals surface area contributed by atoms with Gasteiger partial charge in [-0.3, -0.25) is 19.5 Å². The van der Waals surface area contributed by atoms with Crippen LogP contribution in [-0.2, 0) is 9.59 Å². The molecule has 1 heterocycles. The van der Waals surface area contributed by atoms with Gasteiger partial charge in [-0.05, 0) is 24.3 Å². The van der Waals surface area contributed by atoms with E-state index in [9.17, 15) is 9.59 Å². The molecule has 0 atom stereocenters. The molecule has 1 aliphatic rings. The van der Waals surface area contributed by atoms with E-state index in [1.807, 2.05) is 0 Å². The van der Waals surface area contributed by atoms with E-state index in [4.69, 9.17) is 4.74 Å². The van der Waals surface area contributed by atoms with Crippen molar-refractivity contribution in [1.29, 1.82) is 0 Å². The van der Waals surface area contributed by atoms with E-state index in [1.54, 1.807) is 29.2 Å². The van der Waals surface area contributed by atoms with Gasteiger partial charge in [0.1, 0.15) is 11.6 Å². The zero-order valence-corrected chi connectivity index (χ0v) is 10.3. The van der Waals surface area contributed by atoms with Gasteiger partial charge in [0.05, 0.1) is 6.54 Å². The Morgan fingerprint density at radius 3 is 2.44 bits per heavy atom. The maximum absolute atomic E-state index is 11.4. The Morgan fingerprint density at radius 1 is 1.22 bits per heavy atom. The molecule has 0 aromatic heterocycles. The number of carbonyl (C=O) groups is 2. The Balaban J connectivity index is 2.19. The van der Waals surface area contributed by atoms with Crippen LogP contribution in [0.15, 0.2) is 29.3 Å². The number of benzene rings is 1. The highest BCUT2D eigenvalue weighted by Crippen LogP contribution is 2.16. The summed E-state index contributed by atoms with van der Waals surface area (Å²) in [6.07, 6.45) is 0. The molecule has 1 amide bonds. The molecule has 0 saturated carbocycles. The first kappa shape index (κ1) is 12.3. The fourth-order valence-electron chi connectivity index (χ4n) is 1.84. The fourth-order valence-corrected chi connectivity index (χ4v) is 1.84. The van der Waals surface area contributed by atoms with Gasteiger partial charge in [-0.25, -0.2) is 0 Å². The average Bonchev–Trinajstić information content (AvgIpc) is 2.78. The molecular weight excluding hydrogens is 232 g/mol. The van der Waals surface area contributed by atoms with Crippen molar-refractivity contribution < 1.29 is 14.3 Å². The van der Waals surface area contributed by atoms with Crippen LogP contribution in [0.25, 0.3) is 0 Å². The summed E-state index contributed by atoms with van der Waals surface area (Å²) in [7, 11) is 0. The van der Waals surface area contributed by atoms with Crippen molar-refractivity contribution in [2.45, 2.75) is 13.8 Å². The molecule has 94 valence electrons. The first-order valence-corrected chi connectivity index (χ1v) is 5.69. The number of aliphatic imine (C=N–C) groups is 1. The first-order chi connectivity index (χ1) is 8.58. The lowest BCUT2D eigenvalue weighted by atomic mass is 10.2. The van der Waals surface area contributed by atoms with Crippen molar-refractivity contribution in [3.63, 3.8) is 0 Å². The lowest BCUT2D eigenvalue weighted by Gasteiger charge is -2.16. The quantitative estimate of drug-likeness (QED) is 0.582. The molecule has 0 radical (unpaired) electrons. The van der Waals surface area contributed by atoms with Crippen LogP contribution in [0.5, 0.6) is 5.75 Å². The van der Waals surface area contributed by atoms with Crippen LogP contribution in [0.1, 0.15) is 19.4 Å². The monoisotopic (exact) mass is 246 g/mol. The second-order valence-electron chi connectivity index (χ2n) is 3.99. The van der Waals surface area contributed by atoms with E-state index in [0.717, 1.165) is 5.56 Å². The normalized spacial score (nSPS) is 14.3. The van der Waals surface area contributed by atoms with E-state index < -0.39 is 0 Å². The highest BCUT2D eigenvalue weighted by molar-refractivity contribution is 6.08. The smallest absolute Gasteiger partial charge is 0.308 e.